The fourth-order valence-corrected chi connectivity index (χ4v) is 2.29. The van der Waals surface area contributed by atoms with Gasteiger partial charge in [-0.05, 0) is 11.1 Å². The summed E-state index contributed by atoms with van der Waals surface area (Å²) in [7, 11) is 0. The van der Waals surface area contributed by atoms with Gasteiger partial charge < -0.3 is 4.90 Å². The summed E-state index contributed by atoms with van der Waals surface area (Å²) in [5, 5.41) is 9.49. The molecule has 0 aliphatic rings. The van der Waals surface area contributed by atoms with E-state index in [2.05, 4.69) is 6.07 Å². The van der Waals surface area contributed by atoms with E-state index in [9.17, 15) is 10.1 Å². The molecule has 0 aliphatic heterocycles. The first-order valence-electron chi connectivity index (χ1n) is 6.60. The normalized spacial score (nSPS) is 11.4. The van der Waals surface area contributed by atoms with E-state index in [1.165, 1.54) is 4.90 Å². The molecule has 0 aliphatic carbocycles. The van der Waals surface area contributed by atoms with E-state index in [1.54, 1.807) is 0 Å². The molecule has 0 radical (unpaired) electrons. The van der Waals surface area contributed by atoms with Gasteiger partial charge in [0.05, 0.1) is 6.07 Å². The van der Waals surface area contributed by atoms with Gasteiger partial charge in [-0.3, -0.25) is 4.79 Å². The van der Waals surface area contributed by atoms with E-state index in [0.29, 0.717) is 6.54 Å². The highest BCUT2D eigenvalue weighted by Gasteiger charge is 2.24. The molecule has 0 bridgehead atoms. The number of rotatable bonds is 5. The van der Waals surface area contributed by atoms with Crippen LogP contribution in [-0.4, -0.2) is 16.7 Å². The maximum atomic E-state index is 12.1. The summed E-state index contributed by atoms with van der Waals surface area (Å²) in [4.78, 5) is 13.6. The fraction of sp³-hybridized carbons (Fsp3) is 0.176. The minimum Gasteiger partial charge on any atom is -0.317 e. The largest absolute Gasteiger partial charge is 0.317 e. The number of hydrogen-bond acceptors (Lipinski definition) is 2. The topological polar surface area (TPSA) is 44.1 Å². The molecule has 0 spiro atoms. The lowest BCUT2D eigenvalue weighted by atomic mass is 10.1. The molecule has 4 heteroatoms. The number of carbonyl (C=O) groups excluding carboxylic acids is 1. The van der Waals surface area contributed by atoms with Gasteiger partial charge >= 0.3 is 0 Å². The van der Waals surface area contributed by atoms with Gasteiger partial charge in [-0.2, -0.15) is 5.26 Å². The predicted octanol–water partition coefficient (Wildman–Crippen LogP) is 3.52. The lowest BCUT2D eigenvalue weighted by Crippen LogP contribution is -2.34. The summed E-state index contributed by atoms with van der Waals surface area (Å²) in [6.45, 7) is 0.361. The second kappa shape index (κ2) is 7.47. The summed E-state index contributed by atoms with van der Waals surface area (Å²) < 4.78 is 0. The molecule has 1 atom stereocenters. The molecule has 0 aromatic heterocycles. The van der Waals surface area contributed by atoms with Crippen molar-refractivity contribution in [3.8, 4) is 6.07 Å². The van der Waals surface area contributed by atoms with E-state index < -0.39 is 6.04 Å². The van der Waals surface area contributed by atoms with Crippen LogP contribution in [-0.2, 0) is 11.3 Å². The molecule has 2 aromatic rings. The fourth-order valence-electron chi connectivity index (χ4n) is 2.14. The Morgan fingerprint density at radius 1 is 1.10 bits per heavy atom. The molecule has 0 N–H and O–H groups in total. The molecular formula is C17H15ClN2O. The van der Waals surface area contributed by atoms with Crippen LogP contribution >= 0.6 is 11.6 Å². The summed E-state index contributed by atoms with van der Waals surface area (Å²) in [5.74, 6) is -0.395. The third-order valence-corrected chi connectivity index (χ3v) is 3.41. The number of hydrogen-bond donors (Lipinski definition) is 0. The van der Waals surface area contributed by atoms with Crippen molar-refractivity contribution in [1.29, 1.82) is 5.26 Å². The maximum Gasteiger partial charge on any atom is 0.239 e. The number of amides is 1. The Morgan fingerprint density at radius 2 is 1.67 bits per heavy atom. The first-order valence-corrected chi connectivity index (χ1v) is 7.13. The van der Waals surface area contributed by atoms with Crippen molar-refractivity contribution in [3.05, 3.63) is 71.8 Å². The molecule has 1 unspecified atom stereocenters. The minimum atomic E-state index is -0.641. The predicted molar refractivity (Wildman–Crippen MR) is 82.5 cm³/mol. The summed E-state index contributed by atoms with van der Waals surface area (Å²) >= 11 is 5.70. The zero-order valence-corrected chi connectivity index (χ0v) is 12.2. The summed E-state index contributed by atoms with van der Waals surface area (Å²) in [6.07, 6.45) is 0. The van der Waals surface area contributed by atoms with Crippen molar-refractivity contribution in [2.45, 2.75) is 12.6 Å². The van der Waals surface area contributed by atoms with Crippen LogP contribution in [0.15, 0.2) is 60.7 Å². The molecular weight excluding hydrogens is 284 g/mol. The van der Waals surface area contributed by atoms with Gasteiger partial charge in [0.1, 0.15) is 11.9 Å². The lowest BCUT2D eigenvalue weighted by molar-refractivity contribution is -0.130. The standard InChI is InChI=1S/C17H15ClN2O/c18-11-17(21)20(13-14-7-3-1-4-8-14)16(12-19)15-9-5-2-6-10-15/h1-10,16H,11,13H2. The van der Waals surface area contributed by atoms with Gasteiger partial charge in [-0.15, -0.1) is 11.6 Å². The molecule has 106 valence electrons. The van der Waals surface area contributed by atoms with Gasteiger partial charge in [0.15, 0.2) is 0 Å². The van der Waals surface area contributed by atoms with E-state index in [0.717, 1.165) is 11.1 Å². The summed E-state index contributed by atoms with van der Waals surface area (Å²) in [5.41, 5.74) is 1.75. The van der Waals surface area contributed by atoms with E-state index in [-0.39, 0.29) is 11.8 Å². The molecule has 0 fully saturated rings. The number of carbonyl (C=O) groups is 1. The van der Waals surface area contributed by atoms with Crippen LogP contribution in [0.25, 0.3) is 0 Å². The average molecular weight is 299 g/mol. The van der Waals surface area contributed by atoms with Crippen LogP contribution in [0.2, 0.25) is 0 Å². The number of nitrogens with zero attached hydrogens (tertiary/aromatic N) is 2. The second-order valence-electron chi connectivity index (χ2n) is 4.58. The molecule has 0 saturated carbocycles. The third kappa shape index (κ3) is 3.84. The van der Waals surface area contributed by atoms with Crippen LogP contribution in [0, 0.1) is 11.3 Å². The van der Waals surface area contributed by atoms with Gasteiger partial charge in [0.2, 0.25) is 5.91 Å². The van der Waals surface area contributed by atoms with Crippen molar-refractivity contribution >= 4 is 17.5 Å². The molecule has 2 rings (SSSR count). The van der Waals surface area contributed by atoms with Crippen molar-refractivity contribution in [2.75, 3.05) is 5.88 Å². The Labute approximate surface area is 129 Å². The molecule has 2 aromatic carbocycles. The van der Waals surface area contributed by atoms with Gasteiger partial charge in [-0.25, -0.2) is 0 Å². The zero-order chi connectivity index (χ0) is 15.1. The Kier molecular flexibility index (Phi) is 5.36. The Hall–Kier alpha value is -2.31. The Bertz CT molecular complexity index is 622. The van der Waals surface area contributed by atoms with E-state index in [4.69, 9.17) is 11.6 Å². The van der Waals surface area contributed by atoms with Crippen molar-refractivity contribution < 1.29 is 4.79 Å². The van der Waals surface area contributed by atoms with Crippen molar-refractivity contribution in [2.24, 2.45) is 0 Å². The molecule has 3 nitrogen and oxygen atoms in total. The quantitative estimate of drug-likeness (QED) is 0.793. The molecule has 0 saturated heterocycles. The van der Waals surface area contributed by atoms with Crippen LogP contribution < -0.4 is 0 Å². The first-order chi connectivity index (χ1) is 10.3. The number of alkyl halides is 1. The number of benzene rings is 2. The maximum absolute atomic E-state index is 12.1. The first kappa shape index (κ1) is 15.1. The molecule has 21 heavy (non-hydrogen) atoms. The van der Waals surface area contributed by atoms with E-state index in [1.807, 2.05) is 60.7 Å². The molecule has 1 amide bonds. The SMILES string of the molecule is N#CC(c1ccccc1)N(Cc1ccccc1)C(=O)CCl. The average Bonchev–Trinajstić information content (AvgIpc) is 2.56. The number of halogens is 1. The van der Waals surface area contributed by atoms with Crippen LogP contribution in [0.1, 0.15) is 17.2 Å². The van der Waals surface area contributed by atoms with Gasteiger partial charge in [-0.1, -0.05) is 60.7 Å². The van der Waals surface area contributed by atoms with Crippen LogP contribution in [0.5, 0.6) is 0 Å². The van der Waals surface area contributed by atoms with Gasteiger partial charge in [0, 0.05) is 6.54 Å². The van der Waals surface area contributed by atoms with Crippen LogP contribution in [0.4, 0.5) is 0 Å². The van der Waals surface area contributed by atoms with Gasteiger partial charge in [0.25, 0.3) is 0 Å². The summed E-state index contributed by atoms with van der Waals surface area (Å²) in [6, 6.07) is 20.4. The minimum absolute atomic E-state index is 0.141. The number of nitriles is 1. The Balaban J connectivity index is 2.31. The Morgan fingerprint density at radius 3 is 2.19 bits per heavy atom. The van der Waals surface area contributed by atoms with Crippen LogP contribution in [0.3, 0.4) is 0 Å². The zero-order valence-electron chi connectivity index (χ0n) is 11.4. The highest BCUT2D eigenvalue weighted by Crippen LogP contribution is 2.22. The second-order valence-corrected chi connectivity index (χ2v) is 4.85. The highest BCUT2D eigenvalue weighted by molar-refractivity contribution is 6.27. The van der Waals surface area contributed by atoms with Crippen molar-refractivity contribution in [1.82, 2.24) is 4.90 Å². The highest BCUT2D eigenvalue weighted by atomic mass is 35.5. The smallest absolute Gasteiger partial charge is 0.239 e. The molecule has 0 heterocycles. The van der Waals surface area contributed by atoms with Crippen molar-refractivity contribution in [3.63, 3.8) is 0 Å². The van der Waals surface area contributed by atoms with E-state index >= 15 is 0 Å². The third-order valence-electron chi connectivity index (χ3n) is 3.18. The monoisotopic (exact) mass is 298 g/mol. The lowest BCUT2D eigenvalue weighted by Gasteiger charge is -2.27.